The highest BCUT2D eigenvalue weighted by molar-refractivity contribution is 7.99. The zero-order chi connectivity index (χ0) is 12.1. The molecule has 3 nitrogen and oxygen atoms in total. The molecule has 1 aromatic rings. The van der Waals surface area contributed by atoms with Crippen LogP contribution in [0.2, 0.25) is 0 Å². The quantitative estimate of drug-likeness (QED) is 0.874. The SMILES string of the molecule is CC(CO)CSCC1COc2ccccc2O1. The highest BCUT2D eigenvalue weighted by Gasteiger charge is 2.20. The predicted octanol–water partition coefficient (Wildman–Crippen LogP) is 2.19. The van der Waals surface area contributed by atoms with Crippen molar-refractivity contribution >= 4 is 11.8 Å². The molecule has 2 atom stereocenters. The summed E-state index contributed by atoms with van der Waals surface area (Å²) in [4.78, 5) is 0. The van der Waals surface area contributed by atoms with E-state index in [-0.39, 0.29) is 12.7 Å². The van der Waals surface area contributed by atoms with Gasteiger partial charge in [-0.25, -0.2) is 0 Å². The lowest BCUT2D eigenvalue weighted by Crippen LogP contribution is -2.31. The summed E-state index contributed by atoms with van der Waals surface area (Å²) in [6.07, 6.45) is 0.112. The van der Waals surface area contributed by atoms with Crippen molar-refractivity contribution in [3.63, 3.8) is 0 Å². The minimum absolute atomic E-state index is 0.112. The molecule has 0 aliphatic carbocycles. The Hall–Kier alpha value is -0.870. The summed E-state index contributed by atoms with van der Waals surface area (Å²) in [7, 11) is 0. The van der Waals surface area contributed by atoms with Crippen LogP contribution in [0.3, 0.4) is 0 Å². The molecule has 0 aromatic heterocycles. The fraction of sp³-hybridized carbons (Fsp3) is 0.538. The largest absolute Gasteiger partial charge is 0.486 e. The molecule has 0 saturated heterocycles. The fourth-order valence-electron chi connectivity index (χ4n) is 1.60. The number of para-hydroxylation sites is 2. The third-order valence-corrected chi connectivity index (χ3v) is 4.00. The van der Waals surface area contributed by atoms with Crippen LogP contribution in [0.15, 0.2) is 24.3 Å². The van der Waals surface area contributed by atoms with E-state index in [1.54, 1.807) is 11.8 Å². The molecule has 94 valence electrons. The number of aliphatic hydroxyl groups excluding tert-OH is 1. The minimum Gasteiger partial charge on any atom is -0.486 e. The van der Waals surface area contributed by atoms with Crippen LogP contribution in [0.25, 0.3) is 0 Å². The molecule has 1 heterocycles. The molecule has 0 spiro atoms. The van der Waals surface area contributed by atoms with Crippen LogP contribution >= 0.6 is 11.8 Å². The van der Waals surface area contributed by atoms with E-state index in [1.165, 1.54) is 0 Å². The third-order valence-electron chi connectivity index (χ3n) is 2.59. The molecule has 2 rings (SSSR count). The molecule has 4 heteroatoms. The minimum atomic E-state index is 0.112. The Labute approximate surface area is 106 Å². The summed E-state index contributed by atoms with van der Waals surface area (Å²) in [5.74, 6) is 3.87. The molecule has 1 aromatic carbocycles. The van der Waals surface area contributed by atoms with Crippen molar-refractivity contribution in [2.24, 2.45) is 5.92 Å². The molecule has 0 fully saturated rings. The molecule has 1 aliphatic heterocycles. The number of hydrogen-bond acceptors (Lipinski definition) is 4. The highest BCUT2D eigenvalue weighted by atomic mass is 32.2. The van der Waals surface area contributed by atoms with Gasteiger partial charge in [-0.2, -0.15) is 11.8 Å². The van der Waals surface area contributed by atoms with Crippen LogP contribution in [0, 0.1) is 5.92 Å². The lowest BCUT2D eigenvalue weighted by Gasteiger charge is -2.26. The number of fused-ring (bicyclic) bond motifs is 1. The van der Waals surface area contributed by atoms with Crippen molar-refractivity contribution < 1.29 is 14.6 Å². The maximum atomic E-state index is 8.93. The summed E-state index contributed by atoms with van der Waals surface area (Å²) in [6, 6.07) is 7.75. The van der Waals surface area contributed by atoms with Crippen molar-refractivity contribution in [2.45, 2.75) is 13.0 Å². The fourth-order valence-corrected chi connectivity index (χ4v) is 2.67. The van der Waals surface area contributed by atoms with Crippen molar-refractivity contribution in [1.29, 1.82) is 0 Å². The smallest absolute Gasteiger partial charge is 0.161 e. The van der Waals surface area contributed by atoms with E-state index >= 15 is 0 Å². The standard InChI is InChI=1S/C13H18O3S/c1-10(6-14)8-17-9-11-7-15-12-4-2-3-5-13(12)16-11/h2-5,10-11,14H,6-9H2,1H3. The second kappa shape index (κ2) is 6.17. The monoisotopic (exact) mass is 254 g/mol. The molecule has 1 N–H and O–H groups in total. The van der Waals surface area contributed by atoms with Gasteiger partial charge in [0.15, 0.2) is 11.5 Å². The van der Waals surface area contributed by atoms with E-state index in [9.17, 15) is 0 Å². The summed E-state index contributed by atoms with van der Waals surface area (Å²) < 4.78 is 11.5. The molecule has 0 bridgehead atoms. The van der Waals surface area contributed by atoms with Crippen LogP contribution in [-0.4, -0.2) is 35.9 Å². The first-order valence-electron chi connectivity index (χ1n) is 5.86. The molecule has 2 unspecified atom stereocenters. The molecular weight excluding hydrogens is 236 g/mol. The first-order valence-corrected chi connectivity index (χ1v) is 7.02. The van der Waals surface area contributed by atoms with Crippen molar-refractivity contribution in [3.05, 3.63) is 24.3 Å². The predicted molar refractivity (Wildman–Crippen MR) is 69.9 cm³/mol. The first-order chi connectivity index (χ1) is 8.29. The maximum Gasteiger partial charge on any atom is 0.161 e. The molecule has 1 aliphatic rings. The number of rotatable bonds is 5. The molecule has 0 saturated carbocycles. The zero-order valence-electron chi connectivity index (χ0n) is 9.96. The number of hydrogen-bond donors (Lipinski definition) is 1. The molecule has 17 heavy (non-hydrogen) atoms. The first kappa shape index (κ1) is 12.6. The number of thioether (sulfide) groups is 1. The van der Waals surface area contributed by atoms with E-state index in [1.807, 2.05) is 31.2 Å². The van der Waals surface area contributed by atoms with E-state index in [0.717, 1.165) is 23.0 Å². The number of ether oxygens (including phenoxy) is 2. The highest BCUT2D eigenvalue weighted by Crippen LogP contribution is 2.31. The van der Waals surface area contributed by atoms with Crippen LogP contribution < -0.4 is 9.47 Å². The Morgan fingerprint density at radius 1 is 1.41 bits per heavy atom. The van der Waals surface area contributed by atoms with E-state index in [0.29, 0.717) is 12.5 Å². The second-order valence-corrected chi connectivity index (χ2v) is 5.40. The van der Waals surface area contributed by atoms with Gasteiger partial charge in [-0.3, -0.25) is 0 Å². The third kappa shape index (κ3) is 3.54. The summed E-state index contributed by atoms with van der Waals surface area (Å²) in [5, 5.41) is 8.93. The molecule has 0 amide bonds. The second-order valence-electron chi connectivity index (χ2n) is 4.32. The summed E-state index contributed by atoms with van der Waals surface area (Å²) in [6.45, 7) is 2.90. The van der Waals surface area contributed by atoms with Gasteiger partial charge >= 0.3 is 0 Å². The van der Waals surface area contributed by atoms with Crippen molar-refractivity contribution in [1.82, 2.24) is 0 Å². The van der Waals surface area contributed by atoms with Crippen LogP contribution in [-0.2, 0) is 0 Å². The van der Waals surface area contributed by atoms with Gasteiger partial charge in [-0.15, -0.1) is 0 Å². The average Bonchev–Trinajstić information content (AvgIpc) is 2.38. The van der Waals surface area contributed by atoms with E-state index in [2.05, 4.69) is 0 Å². The van der Waals surface area contributed by atoms with Gasteiger partial charge in [0.25, 0.3) is 0 Å². The Morgan fingerprint density at radius 2 is 2.18 bits per heavy atom. The topological polar surface area (TPSA) is 38.7 Å². The van der Waals surface area contributed by atoms with Crippen molar-refractivity contribution in [3.8, 4) is 11.5 Å². The normalized spacial score (nSPS) is 20.0. The molecular formula is C13H18O3S. The number of benzene rings is 1. The average molecular weight is 254 g/mol. The van der Waals surface area contributed by atoms with Crippen LogP contribution in [0.4, 0.5) is 0 Å². The van der Waals surface area contributed by atoms with Crippen LogP contribution in [0.1, 0.15) is 6.92 Å². The van der Waals surface area contributed by atoms with E-state index in [4.69, 9.17) is 14.6 Å². The van der Waals surface area contributed by atoms with Crippen molar-refractivity contribution in [2.75, 3.05) is 24.7 Å². The Bertz CT molecular complexity index is 356. The maximum absolute atomic E-state index is 8.93. The molecule has 0 radical (unpaired) electrons. The lowest BCUT2D eigenvalue weighted by molar-refractivity contribution is 0.107. The Kier molecular flexibility index (Phi) is 4.57. The van der Waals surface area contributed by atoms with Gasteiger partial charge in [0, 0.05) is 12.4 Å². The van der Waals surface area contributed by atoms with Gasteiger partial charge in [0.05, 0.1) is 0 Å². The Balaban J connectivity index is 1.78. The van der Waals surface area contributed by atoms with Gasteiger partial charge in [-0.05, 0) is 23.8 Å². The zero-order valence-corrected chi connectivity index (χ0v) is 10.8. The Morgan fingerprint density at radius 3 is 2.94 bits per heavy atom. The van der Waals surface area contributed by atoms with Gasteiger partial charge in [0.1, 0.15) is 12.7 Å². The van der Waals surface area contributed by atoms with Gasteiger partial charge in [-0.1, -0.05) is 19.1 Å². The van der Waals surface area contributed by atoms with E-state index < -0.39 is 0 Å². The van der Waals surface area contributed by atoms with Gasteiger partial charge < -0.3 is 14.6 Å². The summed E-state index contributed by atoms with van der Waals surface area (Å²) in [5.41, 5.74) is 0. The summed E-state index contributed by atoms with van der Waals surface area (Å²) >= 11 is 1.80. The lowest BCUT2D eigenvalue weighted by atomic mass is 10.2. The van der Waals surface area contributed by atoms with Crippen LogP contribution in [0.5, 0.6) is 11.5 Å². The number of aliphatic hydroxyl groups is 1. The van der Waals surface area contributed by atoms with Gasteiger partial charge in [0.2, 0.25) is 0 Å².